The van der Waals surface area contributed by atoms with Gasteiger partial charge in [-0.1, -0.05) is 44.2 Å². The van der Waals surface area contributed by atoms with Gasteiger partial charge in [0, 0.05) is 23.6 Å². The summed E-state index contributed by atoms with van der Waals surface area (Å²) >= 11 is 0. The van der Waals surface area contributed by atoms with Crippen LogP contribution >= 0.6 is 0 Å². The highest BCUT2D eigenvalue weighted by Gasteiger charge is 2.46. The lowest BCUT2D eigenvalue weighted by molar-refractivity contribution is -0.154. The van der Waals surface area contributed by atoms with Crippen molar-refractivity contribution in [3.05, 3.63) is 59.7 Å². The lowest BCUT2D eigenvalue weighted by Gasteiger charge is -2.46. The zero-order valence-corrected chi connectivity index (χ0v) is 14.5. The molecule has 0 radical (unpaired) electrons. The molecule has 4 heteroatoms. The average molecular weight is 325 g/mol. The van der Waals surface area contributed by atoms with Crippen LogP contribution in [0.2, 0.25) is 0 Å². The summed E-state index contributed by atoms with van der Waals surface area (Å²) in [4.78, 5) is 11.7. The fourth-order valence-corrected chi connectivity index (χ4v) is 3.45. The summed E-state index contributed by atoms with van der Waals surface area (Å²) in [6, 6.07) is 16.1. The Balaban J connectivity index is 2.12. The second-order valence-electron chi connectivity index (χ2n) is 6.75. The Hall–Kier alpha value is -2.49. The van der Waals surface area contributed by atoms with Gasteiger partial charge in [0.25, 0.3) is 0 Å². The van der Waals surface area contributed by atoms with Gasteiger partial charge >= 0.3 is 5.97 Å². The van der Waals surface area contributed by atoms with Gasteiger partial charge in [0.15, 0.2) is 0 Å². The number of nitrogens with one attached hydrogen (secondary N) is 1. The van der Waals surface area contributed by atoms with Crippen molar-refractivity contribution in [2.75, 3.05) is 12.4 Å². The van der Waals surface area contributed by atoms with Crippen LogP contribution in [0.4, 0.5) is 5.69 Å². The van der Waals surface area contributed by atoms with Crippen molar-refractivity contribution in [1.29, 1.82) is 0 Å². The van der Waals surface area contributed by atoms with Gasteiger partial charge in [0.1, 0.15) is 11.9 Å². The van der Waals surface area contributed by atoms with Crippen LogP contribution in [-0.4, -0.2) is 13.1 Å². The lowest BCUT2D eigenvalue weighted by Crippen LogP contribution is -2.40. The zero-order chi connectivity index (χ0) is 17.3. The van der Waals surface area contributed by atoms with E-state index in [9.17, 15) is 4.79 Å². The molecule has 3 rings (SSSR count). The lowest BCUT2D eigenvalue weighted by atomic mass is 9.70. The number of carbonyl (C=O) groups excluding carboxylic acids is 1. The van der Waals surface area contributed by atoms with Gasteiger partial charge in [-0.3, -0.25) is 4.79 Å². The molecule has 0 saturated heterocycles. The van der Waals surface area contributed by atoms with Crippen LogP contribution in [0.5, 0.6) is 5.75 Å². The Bertz CT molecular complexity index is 740. The first kappa shape index (κ1) is 16.4. The number of hydrogen-bond donors (Lipinski definition) is 1. The minimum absolute atomic E-state index is 0.0314. The van der Waals surface area contributed by atoms with Gasteiger partial charge in [-0.15, -0.1) is 0 Å². The van der Waals surface area contributed by atoms with Crippen molar-refractivity contribution in [3.8, 4) is 5.75 Å². The Morgan fingerprint density at radius 1 is 1.12 bits per heavy atom. The number of hydrogen-bond acceptors (Lipinski definition) is 4. The van der Waals surface area contributed by atoms with Crippen molar-refractivity contribution in [3.63, 3.8) is 0 Å². The quantitative estimate of drug-likeness (QED) is 0.845. The molecule has 1 aliphatic rings. The second kappa shape index (κ2) is 6.19. The van der Waals surface area contributed by atoms with Crippen LogP contribution in [0.3, 0.4) is 0 Å². The topological polar surface area (TPSA) is 47.6 Å². The summed E-state index contributed by atoms with van der Waals surface area (Å²) in [6.45, 7) is 5.69. The molecule has 4 nitrogen and oxygen atoms in total. The summed E-state index contributed by atoms with van der Waals surface area (Å²) in [5.41, 5.74) is 2.75. The number of carbonyl (C=O) groups is 1. The molecule has 1 aliphatic heterocycles. The molecule has 0 saturated carbocycles. The fraction of sp³-hybridized carbons (Fsp3) is 0.350. The van der Waals surface area contributed by atoms with Gasteiger partial charge in [-0.2, -0.15) is 0 Å². The minimum atomic E-state index is -0.355. The molecule has 2 aromatic carbocycles. The van der Waals surface area contributed by atoms with Crippen molar-refractivity contribution >= 4 is 11.7 Å². The SMILES string of the molecule is COc1ccc2c(c1)[C@H](OC(C)=O)C(C)(C)[C@H](c1ccccc1)N2. The Morgan fingerprint density at radius 2 is 1.83 bits per heavy atom. The maximum absolute atomic E-state index is 11.7. The molecule has 1 heterocycles. The van der Waals surface area contributed by atoms with Crippen LogP contribution in [-0.2, 0) is 9.53 Å². The molecule has 0 aromatic heterocycles. The predicted molar refractivity (Wildman–Crippen MR) is 94.1 cm³/mol. The second-order valence-corrected chi connectivity index (χ2v) is 6.75. The van der Waals surface area contributed by atoms with E-state index < -0.39 is 0 Å². The van der Waals surface area contributed by atoms with Crippen LogP contribution in [0.15, 0.2) is 48.5 Å². The number of benzene rings is 2. The molecule has 2 aromatic rings. The molecule has 1 N–H and O–H groups in total. The molecule has 0 aliphatic carbocycles. The van der Waals surface area contributed by atoms with E-state index in [2.05, 4.69) is 31.3 Å². The van der Waals surface area contributed by atoms with Crippen LogP contribution in [0.1, 0.15) is 44.0 Å². The smallest absolute Gasteiger partial charge is 0.303 e. The van der Waals surface area contributed by atoms with Crippen molar-refractivity contribution < 1.29 is 14.3 Å². The van der Waals surface area contributed by atoms with Crippen LogP contribution < -0.4 is 10.1 Å². The van der Waals surface area contributed by atoms with E-state index in [1.54, 1.807) is 7.11 Å². The highest BCUT2D eigenvalue weighted by molar-refractivity contribution is 5.68. The maximum Gasteiger partial charge on any atom is 0.303 e. The molecule has 0 unspecified atom stereocenters. The minimum Gasteiger partial charge on any atom is -0.497 e. The molecule has 24 heavy (non-hydrogen) atoms. The van der Waals surface area contributed by atoms with Crippen LogP contribution in [0, 0.1) is 5.41 Å². The van der Waals surface area contributed by atoms with Gasteiger partial charge < -0.3 is 14.8 Å². The number of rotatable bonds is 3. The van der Waals surface area contributed by atoms with E-state index in [0.717, 1.165) is 17.0 Å². The van der Waals surface area contributed by atoms with Crippen molar-refractivity contribution in [2.24, 2.45) is 5.41 Å². The van der Waals surface area contributed by atoms with E-state index in [0.29, 0.717) is 0 Å². The van der Waals surface area contributed by atoms with Crippen molar-refractivity contribution in [2.45, 2.75) is 32.9 Å². The number of fused-ring (bicyclic) bond motifs is 1. The van der Waals surface area contributed by atoms with Gasteiger partial charge in [0.05, 0.1) is 13.2 Å². The van der Waals surface area contributed by atoms with Crippen LogP contribution in [0.25, 0.3) is 0 Å². The van der Waals surface area contributed by atoms with E-state index >= 15 is 0 Å². The fourth-order valence-electron chi connectivity index (χ4n) is 3.45. The largest absolute Gasteiger partial charge is 0.497 e. The zero-order valence-electron chi connectivity index (χ0n) is 14.5. The molecular weight excluding hydrogens is 302 g/mol. The summed E-state index contributed by atoms with van der Waals surface area (Å²) in [6.07, 6.45) is -0.355. The average Bonchev–Trinajstić information content (AvgIpc) is 2.57. The first-order valence-electron chi connectivity index (χ1n) is 8.10. The summed E-state index contributed by atoms with van der Waals surface area (Å²) in [5, 5.41) is 3.61. The Labute approximate surface area is 142 Å². The molecule has 0 bridgehead atoms. The van der Waals surface area contributed by atoms with E-state index in [1.165, 1.54) is 12.5 Å². The Kier molecular flexibility index (Phi) is 4.22. The molecule has 0 amide bonds. The monoisotopic (exact) mass is 325 g/mol. The third kappa shape index (κ3) is 2.84. The third-order valence-electron chi connectivity index (χ3n) is 4.68. The first-order chi connectivity index (χ1) is 11.4. The normalized spacial score (nSPS) is 21.3. The van der Waals surface area contributed by atoms with E-state index in [-0.39, 0.29) is 23.5 Å². The molecule has 126 valence electrons. The highest BCUT2D eigenvalue weighted by Crippen LogP contribution is 2.53. The Morgan fingerprint density at radius 3 is 2.46 bits per heavy atom. The number of esters is 1. The third-order valence-corrected chi connectivity index (χ3v) is 4.68. The predicted octanol–water partition coefficient (Wildman–Crippen LogP) is 4.49. The van der Waals surface area contributed by atoms with E-state index in [4.69, 9.17) is 9.47 Å². The summed E-state index contributed by atoms with van der Waals surface area (Å²) < 4.78 is 11.1. The standard InChI is InChI=1S/C20H23NO3/c1-13(22)24-19-16-12-15(23-4)10-11-17(16)21-18(20(19,2)3)14-8-6-5-7-9-14/h5-12,18-19,21H,1-4H3/t18-,19-/m0/s1. The number of anilines is 1. The molecule has 0 spiro atoms. The van der Waals surface area contributed by atoms with Crippen molar-refractivity contribution in [1.82, 2.24) is 0 Å². The first-order valence-corrected chi connectivity index (χ1v) is 8.10. The van der Waals surface area contributed by atoms with E-state index in [1.807, 2.05) is 36.4 Å². The number of methoxy groups -OCH3 is 1. The molecule has 2 atom stereocenters. The van der Waals surface area contributed by atoms with Gasteiger partial charge in [-0.25, -0.2) is 0 Å². The highest BCUT2D eigenvalue weighted by atomic mass is 16.5. The van der Waals surface area contributed by atoms with Gasteiger partial charge in [0.2, 0.25) is 0 Å². The summed E-state index contributed by atoms with van der Waals surface area (Å²) in [7, 11) is 1.64. The molecule has 0 fully saturated rings. The molecular formula is C20H23NO3. The maximum atomic E-state index is 11.7. The summed E-state index contributed by atoms with van der Waals surface area (Å²) in [5.74, 6) is 0.470. The van der Waals surface area contributed by atoms with Gasteiger partial charge in [-0.05, 0) is 23.8 Å². The number of ether oxygens (including phenoxy) is 2.